The molecule has 2 aromatic rings. The SMILES string of the molecule is CCOc1ccccc1N1CCN(C(=S)NC(=O)/C=C/c2ccccc2)CC1. The fourth-order valence-electron chi connectivity index (χ4n) is 3.11. The third-order valence-corrected chi connectivity index (χ3v) is 4.89. The van der Waals surface area contributed by atoms with Crippen molar-refractivity contribution >= 4 is 35.0 Å². The third-order valence-electron chi connectivity index (χ3n) is 4.53. The number of para-hydroxylation sites is 2. The van der Waals surface area contributed by atoms with E-state index in [1.165, 1.54) is 6.08 Å². The Bertz CT molecular complexity index is 831. The highest BCUT2D eigenvalue weighted by Crippen LogP contribution is 2.28. The molecule has 0 saturated carbocycles. The molecule has 2 aromatic carbocycles. The van der Waals surface area contributed by atoms with E-state index >= 15 is 0 Å². The Hall–Kier alpha value is -2.86. The minimum atomic E-state index is -0.210. The molecule has 1 N–H and O–H groups in total. The van der Waals surface area contributed by atoms with Crippen LogP contribution in [0, 0.1) is 0 Å². The van der Waals surface area contributed by atoms with E-state index in [2.05, 4.69) is 16.3 Å². The fraction of sp³-hybridized carbons (Fsp3) is 0.273. The number of hydrogen-bond acceptors (Lipinski definition) is 4. The second-order valence-electron chi connectivity index (χ2n) is 6.41. The Labute approximate surface area is 171 Å². The van der Waals surface area contributed by atoms with Crippen LogP contribution in [0.2, 0.25) is 0 Å². The Morgan fingerprint density at radius 3 is 2.46 bits per heavy atom. The van der Waals surface area contributed by atoms with Crippen molar-refractivity contribution in [2.45, 2.75) is 6.92 Å². The standard InChI is InChI=1S/C22H25N3O2S/c1-2-27-20-11-7-6-10-19(20)24-14-16-25(17-15-24)22(28)23-21(26)13-12-18-8-4-3-5-9-18/h3-13H,2,14-17H2,1H3,(H,23,26,28)/b13-12+. The van der Waals surface area contributed by atoms with Gasteiger partial charge >= 0.3 is 0 Å². The van der Waals surface area contributed by atoms with E-state index in [0.717, 1.165) is 43.2 Å². The van der Waals surface area contributed by atoms with Crippen molar-refractivity contribution in [2.75, 3.05) is 37.7 Å². The first kappa shape index (κ1) is 19.9. The summed E-state index contributed by atoms with van der Waals surface area (Å²) in [6.45, 7) is 5.77. The predicted octanol–water partition coefficient (Wildman–Crippen LogP) is 3.32. The Kier molecular flexibility index (Phi) is 7.03. The zero-order valence-corrected chi connectivity index (χ0v) is 16.8. The molecule has 1 heterocycles. The van der Waals surface area contributed by atoms with Gasteiger partial charge in [-0.3, -0.25) is 10.1 Å². The quantitative estimate of drug-likeness (QED) is 0.622. The van der Waals surface area contributed by atoms with Gasteiger partial charge in [0, 0.05) is 32.3 Å². The van der Waals surface area contributed by atoms with Crippen molar-refractivity contribution in [3.8, 4) is 5.75 Å². The fourth-order valence-corrected chi connectivity index (χ4v) is 3.39. The van der Waals surface area contributed by atoms with Crippen molar-refractivity contribution in [1.82, 2.24) is 10.2 Å². The van der Waals surface area contributed by atoms with E-state index < -0.39 is 0 Å². The van der Waals surface area contributed by atoms with Crippen LogP contribution in [0.3, 0.4) is 0 Å². The van der Waals surface area contributed by atoms with Gasteiger partial charge in [-0.1, -0.05) is 42.5 Å². The van der Waals surface area contributed by atoms with Crippen LogP contribution in [0.5, 0.6) is 5.75 Å². The van der Waals surface area contributed by atoms with Gasteiger partial charge in [-0.25, -0.2) is 0 Å². The van der Waals surface area contributed by atoms with Crippen LogP contribution in [0.25, 0.3) is 6.08 Å². The number of nitrogens with zero attached hydrogens (tertiary/aromatic N) is 2. The Balaban J connectivity index is 1.51. The largest absolute Gasteiger partial charge is 0.492 e. The maximum Gasteiger partial charge on any atom is 0.250 e. The number of anilines is 1. The molecule has 146 valence electrons. The maximum absolute atomic E-state index is 12.1. The van der Waals surface area contributed by atoms with Gasteiger partial charge in [0.2, 0.25) is 5.91 Å². The van der Waals surface area contributed by atoms with Crippen LogP contribution in [0.1, 0.15) is 12.5 Å². The molecule has 5 nitrogen and oxygen atoms in total. The van der Waals surface area contributed by atoms with Gasteiger partial charge in [-0.2, -0.15) is 0 Å². The summed E-state index contributed by atoms with van der Waals surface area (Å²) in [7, 11) is 0. The van der Waals surface area contributed by atoms with Crippen molar-refractivity contribution in [3.63, 3.8) is 0 Å². The maximum atomic E-state index is 12.1. The monoisotopic (exact) mass is 395 g/mol. The Morgan fingerprint density at radius 1 is 1.07 bits per heavy atom. The van der Waals surface area contributed by atoms with Gasteiger partial charge in [-0.05, 0) is 42.9 Å². The Morgan fingerprint density at radius 2 is 1.75 bits per heavy atom. The normalized spacial score (nSPS) is 14.2. The van der Waals surface area contributed by atoms with Crippen LogP contribution in [-0.2, 0) is 4.79 Å². The highest BCUT2D eigenvalue weighted by molar-refractivity contribution is 7.80. The molecule has 0 spiro atoms. The minimum Gasteiger partial charge on any atom is -0.492 e. The molecular weight excluding hydrogens is 370 g/mol. The molecule has 6 heteroatoms. The second-order valence-corrected chi connectivity index (χ2v) is 6.80. The average molecular weight is 396 g/mol. The lowest BCUT2D eigenvalue weighted by Gasteiger charge is -2.37. The van der Waals surface area contributed by atoms with Gasteiger partial charge in [0.1, 0.15) is 5.75 Å². The number of amides is 1. The van der Waals surface area contributed by atoms with Gasteiger partial charge in [0.05, 0.1) is 12.3 Å². The highest BCUT2D eigenvalue weighted by atomic mass is 32.1. The number of rotatable bonds is 5. The molecule has 0 aliphatic carbocycles. The van der Waals surface area contributed by atoms with Crippen molar-refractivity contribution in [2.24, 2.45) is 0 Å². The van der Waals surface area contributed by atoms with Crippen LogP contribution in [0.15, 0.2) is 60.7 Å². The average Bonchev–Trinajstić information content (AvgIpc) is 2.74. The predicted molar refractivity (Wildman–Crippen MR) is 118 cm³/mol. The third kappa shape index (κ3) is 5.33. The van der Waals surface area contributed by atoms with Gasteiger partial charge in [0.25, 0.3) is 0 Å². The number of carbonyl (C=O) groups excluding carboxylic acids is 1. The van der Waals surface area contributed by atoms with Gasteiger partial charge < -0.3 is 14.5 Å². The van der Waals surface area contributed by atoms with Crippen LogP contribution in [0.4, 0.5) is 5.69 Å². The van der Waals surface area contributed by atoms with E-state index in [4.69, 9.17) is 17.0 Å². The summed E-state index contributed by atoms with van der Waals surface area (Å²) in [5, 5.41) is 3.27. The summed E-state index contributed by atoms with van der Waals surface area (Å²) in [4.78, 5) is 16.5. The van der Waals surface area contributed by atoms with Crippen LogP contribution < -0.4 is 15.0 Å². The van der Waals surface area contributed by atoms with E-state index in [-0.39, 0.29) is 5.91 Å². The zero-order valence-electron chi connectivity index (χ0n) is 16.0. The molecule has 28 heavy (non-hydrogen) atoms. The van der Waals surface area contributed by atoms with Crippen molar-refractivity contribution in [1.29, 1.82) is 0 Å². The lowest BCUT2D eigenvalue weighted by atomic mass is 10.2. The lowest BCUT2D eigenvalue weighted by molar-refractivity contribution is -0.115. The molecule has 1 amide bonds. The summed E-state index contributed by atoms with van der Waals surface area (Å²) in [5.74, 6) is 0.693. The summed E-state index contributed by atoms with van der Waals surface area (Å²) < 4.78 is 5.73. The number of benzene rings is 2. The summed E-state index contributed by atoms with van der Waals surface area (Å²) in [5.41, 5.74) is 2.08. The molecule has 0 radical (unpaired) electrons. The first-order chi connectivity index (χ1) is 13.7. The molecule has 1 aliphatic rings. The molecule has 0 bridgehead atoms. The number of hydrogen-bond donors (Lipinski definition) is 1. The molecular formula is C22H25N3O2S. The van der Waals surface area contributed by atoms with Gasteiger partial charge in [-0.15, -0.1) is 0 Å². The summed E-state index contributed by atoms with van der Waals surface area (Å²) in [6, 6.07) is 17.8. The number of nitrogens with one attached hydrogen (secondary N) is 1. The van der Waals surface area contributed by atoms with E-state index in [9.17, 15) is 4.79 Å². The number of ether oxygens (including phenoxy) is 1. The summed E-state index contributed by atoms with van der Waals surface area (Å²) in [6.07, 6.45) is 3.29. The minimum absolute atomic E-state index is 0.210. The smallest absolute Gasteiger partial charge is 0.250 e. The van der Waals surface area contributed by atoms with Crippen LogP contribution >= 0.6 is 12.2 Å². The molecule has 0 unspecified atom stereocenters. The topological polar surface area (TPSA) is 44.8 Å². The molecule has 1 aliphatic heterocycles. The number of carbonyl (C=O) groups is 1. The van der Waals surface area contributed by atoms with E-state index in [0.29, 0.717) is 11.7 Å². The number of thiocarbonyl (C=S) groups is 1. The van der Waals surface area contributed by atoms with Crippen molar-refractivity contribution in [3.05, 3.63) is 66.2 Å². The summed E-state index contributed by atoms with van der Waals surface area (Å²) >= 11 is 5.42. The number of piperazine rings is 1. The lowest BCUT2D eigenvalue weighted by Crippen LogP contribution is -2.52. The van der Waals surface area contributed by atoms with Gasteiger partial charge in [0.15, 0.2) is 5.11 Å². The molecule has 1 fully saturated rings. The van der Waals surface area contributed by atoms with E-state index in [1.54, 1.807) is 6.08 Å². The first-order valence-corrected chi connectivity index (χ1v) is 9.88. The highest BCUT2D eigenvalue weighted by Gasteiger charge is 2.21. The molecule has 3 rings (SSSR count). The van der Waals surface area contributed by atoms with E-state index in [1.807, 2.05) is 60.4 Å². The first-order valence-electron chi connectivity index (χ1n) is 9.47. The molecule has 0 atom stereocenters. The second kappa shape index (κ2) is 9.90. The van der Waals surface area contributed by atoms with Crippen LogP contribution in [-0.4, -0.2) is 48.7 Å². The molecule has 1 saturated heterocycles. The molecule has 0 aromatic heterocycles. The zero-order chi connectivity index (χ0) is 19.8. The van der Waals surface area contributed by atoms with Crippen molar-refractivity contribution < 1.29 is 9.53 Å².